The number of carbonyl (C=O) groups excluding carboxylic acids is 2. The minimum atomic E-state index is -4.49. The Morgan fingerprint density at radius 1 is 0.980 bits per heavy atom. The van der Waals surface area contributed by atoms with Crippen LogP contribution in [0.1, 0.15) is 88.1 Å². The van der Waals surface area contributed by atoms with Crippen molar-refractivity contribution in [2.45, 2.75) is 96.6 Å². The van der Waals surface area contributed by atoms with Gasteiger partial charge in [0.05, 0.1) is 36.0 Å². The highest BCUT2D eigenvalue weighted by atomic mass is 19.4. The number of rotatable bonds is 8. The molecule has 272 valence electrons. The Labute approximate surface area is 288 Å². The average molecular weight is 691 g/mol. The Kier molecular flexibility index (Phi) is 14.2. The Bertz CT molecular complexity index is 1350. The van der Waals surface area contributed by atoms with Crippen LogP contribution < -0.4 is 15.4 Å². The minimum Gasteiger partial charge on any atom is -0.490 e. The zero-order chi connectivity index (χ0) is 35.6. The van der Waals surface area contributed by atoms with Crippen molar-refractivity contribution < 1.29 is 37.3 Å². The molecule has 1 aliphatic carbocycles. The van der Waals surface area contributed by atoms with E-state index in [9.17, 15) is 27.9 Å². The van der Waals surface area contributed by atoms with Crippen LogP contribution >= 0.6 is 0 Å². The molecule has 3 amide bonds. The number of carbonyl (C=O) groups is 2. The van der Waals surface area contributed by atoms with Gasteiger partial charge in [-0.3, -0.25) is 4.79 Å². The normalized spacial score (nSPS) is 22.5. The summed E-state index contributed by atoms with van der Waals surface area (Å²) in [6, 6.07) is 7.72. The van der Waals surface area contributed by atoms with Gasteiger partial charge in [0.25, 0.3) is 5.91 Å². The van der Waals surface area contributed by atoms with Gasteiger partial charge in [0.1, 0.15) is 5.75 Å². The SMILES string of the molecule is C[C@@H]1CCCCO[C@@H](CN(C)CC2CCCCC2)[C@@H](C)CN([C@H](C)CO)C(=O)c2cc(NC(=O)Nc3ccc(C(F)(F)F)cc3)ccc2O1. The van der Waals surface area contributed by atoms with E-state index in [1.165, 1.54) is 50.3 Å². The van der Waals surface area contributed by atoms with Gasteiger partial charge in [-0.25, -0.2) is 4.79 Å². The third-order valence-electron chi connectivity index (χ3n) is 9.57. The molecule has 0 spiro atoms. The van der Waals surface area contributed by atoms with E-state index in [4.69, 9.17) is 9.47 Å². The number of anilines is 2. The Hall–Kier alpha value is -3.35. The third-order valence-corrected chi connectivity index (χ3v) is 9.57. The van der Waals surface area contributed by atoms with Gasteiger partial charge in [0.15, 0.2) is 0 Å². The first-order valence-electron chi connectivity index (χ1n) is 17.6. The van der Waals surface area contributed by atoms with E-state index in [-0.39, 0.29) is 41.9 Å². The molecule has 0 saturated heterocycles. The largest absolute Gasteiger partial charge is 0.490 e. The van der Waals surface area contributed by atoms with Crippen LogP contribution in [0, 0.1) is 11.8 Å². The fourth-order valence-corrected chi connectivity index (χ4v) is 6.69. The lowest BCUT2D eigenvalue weighted by Gasteiger charge is -2.36. The number of fused-ring (bicyclic) bond motifs is 1. The number of benzene rings is 2. The number of ether oxygens (including phenoxy) is 2. The van der Waals surface area contributed by atoms with E-state index >= 15 is 0 Å². The first-order chi connectivity index (χ1) is 23.3. The van der Waals surface area contributed by atoms with Crippen molar-refractivity contribution in [1.29, 1.82) is 0 Å². The van der Waals surface area contributed by atoms with E-state index < -0.39 is 23.8 Å². The number of hydrogen-bond acceptors (Lipinski definition) is 6. The summed E-state index contributed by atoms with van der Waals surface area (Å²) in [5.74, 6) is 0.659. The molecule has 2 aliphatic rings. The lowest BCUT2D eigenvalue weighted by atomic mass is 9.89. The summed E-state index contributed by atoms with van der Waals surface area (Å²) in [4.78, 5) is 31.2. The number of aliphatic hydroxyl groups excluding tert-OH is 1. The van der Waals surface area contributed by atoms with E-state index in [0.717, 1.165) is 44.5 Å². The van der Waals surface area contributed by atoms with Crippen LogP contribution in [0.3, 0.4) is 0 Å². The average Bonchev–Trinajstić information content (AvgIpc) is 3.06. The van der Waals surface area contributed by atoms with Gasteiger partial charge >= 0.3 is 12.2 Å². The zero-order valence-corrected chi connectivity index (χ0v) is 29.2. The van der Waals surface area contributed by atoms with Crippen molar-refractivity contribution in [3.8, 4) is 5.75 Å². The Morgan fingerprint density at radius 2 is 1.63 bits per heavy atom. The number of alkyl halides is 3. The maximum Gasteiger partial charge on any atom is 0.416 e. The van der Waals surface area contributed by atoms with Crippen molar-refractivity contribution >= 4 is 23.3 Å². The lowest BCUT2D eigenvalue weighted by molar-refractivity contribution is -0.137. The van der Waals surface area contributed by atoms with Crippen LogP contribution in [-0.2, 0) is 10.9 Å². The topological polar surface area (TPSA) is 103 Å². The molecule has 1 fully saturated rings. The Balaban J connectivity index is 1.55. The third kappa shape index (κ3) is 11.6. The van der Waals surface area contributed by atoms with Gasteiger partial charge in [-0.05, 0) is 101 Å². The second kappa shape index (κ2) is 18.1. The van der Waals surface area contributed by atoms with Crippen molar-refractivity contribution in [2.24, 2.45) is 11.8 Å². The zero-order valence-electron chi connectivity index (χ0n) is 29.2. The molecular formula is C37H53F3N4O5. The molecule has 49 heavy (non-hydrogen) atoms. The maximum atomic E-state index is 14.4. The summed E-state index contributed by atoms with van der Waals surface area (Å²) >= 11 is 0. The maximum absolute atomic E-state index is 14.4. The quantitative estimate of drug-likeness (QED) is 0.263. The molecular weight excluding hydrogens is 637 g/mol. The second-order valence-corrected chi connectivity index (χ2v) is 13.9. The molecule has 9 nitrogen and oxygen atoms in total. The van der Waals surface area contributed by atoms with Crippen molar-refractivity contribution in [2.75, 3.05) is 50.5 Å². The van der Waals surface area contributed by atoms with Crippen LogP contribution in [0.15, 0.2) is 42.5 Å². The summed E-state index contributed by atoms with van der Waals surface area (Å²) in [5, 5.41) is 15.4. The van der Waals surface area contributed by atoms with Crippen LogP contribution in [-0.4, -0.2) is 85.0 Å². The smallest absolute Gasteiger partial charge is 0.416 e. The molecule has 2 aromatic carbocycles. The molecule has 0 bridgehead atoms. The highest BCUT2D eigenvalue weighted by Crippen LogP contribution is 2.31. The van der Waals surface area contributed by atoms with E-state index in [1.807, 2.05) is 6.92 Å². The van der Waals surface area contributed by atoms with Gasteiger partial charge in [-0.2, -0.15) is 13.2 Å². The minimum absolute atomic E-state index is 0.0474. The number of hydrogen-bond donors (Lipinski definition) is 3. The molecule has 0 radical (unpaired) electrons. The molecule has 2 aromatic rings. The number of amides is 3. The van der Waals surface area contributed by atoms with Gasteiger partial charge < -0.3 is 35.0 Å². The van der Waals surface area contributed by atoms with Crippen LogP contribution in [0.5, 0.6) is 5.75 Å². The highest BCUT2D eigenvalue weighted by molar-refractivity contribution is 6.02. The van der Waals surface area contributed by atoms with Gasteiger partial charge in [0.2, 0.25) is 0 Å². The van der Waals surface area contributed by atoms with Gasteiger partial charge in [0, 0.05) is 43.5 Å². The summed E-state index contributed by atoms with van der Waals surface area (Å²) in [7, 11) is 2.15. The molecule has 1 aliphatic heterocycles. The fourth-order valence-electron chi connectivity index (χ4n) is 6.69. The Morgan fingerprint density at radius 3 is 2.31 bits per heavy atom. The van der Waals surface area contributed by atoms with Crippen LogP contribution in [0.2, 0.25) is 0 Å². The fraction of sp³-hybridized carbons (Fsp3) is 0.622. The number of nitrogens with zero attached hydrogens (tertiary/aromatic N) is 2. The molecule has 1 saturated carbocycles. The summed E-state index contributed by atoms with van der Waals surface area (Å²) in [6.45, 7) is 8.29. The molecule has 4 rings (SSSR count). The van der Waals surface area contributed by atoms with Gasteiger partial charge in [-0.1, -0.05) is 26.2 Å². The summed E-state index contributed by atoms with van der Waals surface area (Å²) < 4.78 is 51.6. The number of likely N-dealkylation sites (N-methyl/N-ethyl adjacent to an activating group) is 1. The monoisotopic (exact) mass is 690 g/mol. The predicted molar refractivity (Wildman–Crippen MR) is 185 cm³/mol. The number of aliphatic hydroxyl groups is 1. The molecule has 1 heterocycles. The number of halogens is 3. The predicted octanol–water partition coefficient (Wildman–Crippen LogP) is 7.66. The first-order valence-corrected chi connectivity index (χ1v) is 17.6. The first kappa shape index (κ1) is 38.5. The molecule has 4 atom stereocenters. The highest BCUT2D eigenvalue weighted by Gasteiger charge is 2.32. The van der Waals surface area contributed by atoms with E-state index in [2.05, 4.69) is 29.5 Å². The van der Waals surface area contributed by atoms with Crippen molar-refractivity contribution in [3.05, 3.63) is 53.6 Å². The second-order valence-electron chi connectivity index (χ2n) is 13.9. The van der Waals surface area contributed by atoms with Crippen LogP contribution in [0.4, 0.5) is 29.3 Å². The summed E-state index contributed by atoms with van der Waals surface area (Å²) in [5.41, 5.74) is -0.118. The number of nitrogens with one attached hydrogen (secondary N) is 2. The standard InChI is InChI=1S/C37H53F3N4O5/c1-25-21-44(26(2)24-45)35(46)32-20-31(42-36(47)41-30-15-13-29(14-16-30)37(38,39)40)17-18-33(32)49-27(3)10-8-9-19-48-34(25)23-43(4)22-28-11-6-5-7-12-28/h13-18,20,25-28,34,45H,5-12,19,21-24H2,1-4H3,(H2,41,42,47)/t25-,26+,27+,34-/m0/s1. The van der Waals surface area contributed by atoms with E-state index in [1.54, 1.807) is 24.0 Å². The van der Waals surface area contributed by atoms with Gasteiger partial charge in [-0.15, -0.1) is 0 Å². The van der Waals surface area contributed by atoms with Crippen molar-refractivity contribution in [1.82, 2.24) is 9.80 Å². The van der Waals surface area contributed by atoms with E-state index in [0.29, 0.717) is 30.5 Å². The summed E-state index contributed by atoms with van der Waals surface area (Å²) in [6.07, 6.45) is 4.13. The lowest BCUT2D eigenvalue weighted by Crippen LogP contribution is -2.47. The van der Waals surface area contributed by atoms with Crippen LogP contribution in [0.25, 0.3) is 0 Å². The molecule has 3 N–H and O–H groups in total. The molecule has 12 heteroatoms. The van der Waals surface area contributed by atoms with Crippen molar-refractivity contribution in [3.63, 3.8) is 0 Å². The molecule has 0 unspecified atom stereocenters. The molecule has 0 aromatic heterocycles. The number of urea groups is 1.